The molecule has 1 aliphatic rings. The summed E-state index contributed by atoms with van der Waals surface area (Å²) in [5.74, 6) is -0.121. The highest BCUT2D eigenvalue weighted by molar-refractivity contribution is 7.11. The molecule has 1 fully saturated rings. The SMILES string of the molecule is C=CC(=O)N1CCC(c2n[nH]c3ncnc(Nc4ccc(Oc5nc(-c6ccc(C(F)(F)F)nc6)cs5)cc4F)c23)CC1. The highest BCUT2D eigenvalue weighted by Gasteiger charge is 2.32. The van der Waals surface area contributed by atoms with Gasteiger partial charge in [-0.3, -0.25) is 14.9 Å². The molecule has 1 saturated heterocycles. The Balaban J connectivity index is 1.17. The van der Waals surface area contributed by atoms with E-state index in [1.807, 2.05) is 0 Å². The van der Waals surface area contributed by atoms with Gasteiger partial charge in [-0.05, 0) is 43.2 Å². The van der Waals surface area contributed by atoms with Gasteiger partial charge >= 0.3 is 6.18 Å². The Labute approximate surface area is 245 Å². The van der Waals surface area contributed by atoms with Crippen LogP contribution in [0.4, 0.5) is 29.1 Å². The minimum atomic E-state index is -4.54. The molecule has 5 aromatic rings. The third kappa shape index (κ3) is 5.88. The topological polar surface area (TPSA) is 122 Å². The van der Waals surface area contributed by atoms with Crippen molar-refractivity contribution in [2.75, 3.05) is 18.4 Å². The number of halogens is 4. The third-order valence-corrected chi connectivity index (χ3v) is 7.70. The van der Waals surface area contributed by atoms with Crippen molar-refractivity contribution in [3.8, 4) is 22.2 Å². The minimum absolute atomic E-state index is 0.0522. The summed E-state index contributed by atoms with van der Waals surface area (Å²) in [6.45, 7) is 4.68. The summed E-state index contributed by atoms with van der Waals surface area (Å²) < 4.78 is 59.3. The normalized spacial score (nSPS) is 14.2. The van der Waals surface area contributed by atoms with Gasteiger partial charge in [0, 0.05) is 42.2 Å². The number of ether oxygens (including phenoxy) is 1. The molecule has 0 saturated carbocycles. The van der Waals surface area contributed by atoms with Gasteiger partial charge in [0.25, 0.3) is 5.19 Å². The van der Waals surface area contributed by atoms with Crippen LogP contribution in [0.5, 0.6) is 10.9 Å². The van der Waals surface area contributed by atoms with Crippen LogP contribution >= 0.6 is 11.3 Å². The number of piperidine rings is 1. The molecule has 0 unspecified atom stereocenters. The van der Waals surface area contributed by atoms with Gasteiger partial charge < -0.3 is 15.0 Å². The van der Waals surface area contributed by atoms with E-state index < -0.39 is 17.7 Å². The molecule has 43 heavy (non-hydrogen) atoms. The fraction of sp³-hybridized carbons (Fsp3) is 0.214. The summed E-state index contributed by atoms with van der Waals surface area (Å²) >= 11 is 1.11. The molecule has 0 aliphatic carbocycles. The Kier molecular flexibility index (Phi) is 7.48. The molecule has 6 rings (SSSR count). The fourth-order valence-corrected chi connectivity index (χ4v) is 5.51. The van der Waals surface area contributed by atoms with Gasteiger partial charge in [-0.15, -0.1) is 0 Å². The molecule has 1 aliphatic heterocycles. The second-order valence-corrected chi connectivity index (χ2v) is 10.5. The number of nitrogens with zero attached hydrogens (tertiary/aromatic N) is 6. The molecule has 0 atom stereocenters. The summed E-state index contributed by atoms with van der Waals surface area (Å²) in [6.07, 6.45) is 0.598. The van der Waals surface area contributed by atoms with Crippen molar-refractivity contribution in [1.29, 1.82) is 0 Å². The Morgan fingerprint density at radius 2 is 1.98 bits per heavy atom. The van der Waals surface area contributed by atoms with Crippen molar-refractivity contribution in [2.24, 2.45) is 0 Å². The molecule has 5 heterocycles. The van der Waals surface area contributed by atoms with Gasteiger partial charge in [-0.2, -0.15) is 18.3 Å². The van der Waals surface area contributed by atoms with Crippen molar-refractivity contribution in [3.63, 3.8) is 0 Å². The second kappa shape index (κ2) is 11.4. The van der Waals surface area contributed by atoms with Crippen LogP contribution in [0.1, 0.15) is 30.1 Å². The number of aromatic amines is 1. The highest BCUT2D eigenvalue weighted by atomic mass is 32.1. The van der Waals surface area contributed by atoms with Crippen LogP contribution < -0.4 is 10.1 Å². The van der Waals surface area contributed by atoms with E-state index in [2.05, 4.69) is 42.0 Å². The predicted molar refractivity (Wildman–Crippen MR) is 151 cm³/mol. The maximum Gasteiger partial charge on any atom is 0.433 e. The van der Waals surface area contributed by atoms with Gasteiger partial charge in [-0.25, -0.2) is 19.3 Å². The van der Waals surface area contributed by atoms with E-state index in [0.29, 0.717) is 54.0 Å². The zero-order valence-electron chi connectivity index (χ0n) is 22.2. The maximum atomic E-state index is 15.2. The van der Waals surface area contributed by atoms with Crippen LogP contribution in [0.3, 0.4) is 0 Å². The first-order chi connectivity index (χ1) is 20.7. The lowest BCUT2D eigenvalue weighted by molar-refractivity contribution is -0.141. The van der Waals surface area contributed by atoms with Gasteiger partial charge in [0.05, 0.1) is 22.5 Å². The number of nitrogens with one attached hydrogen (secondary N) is 2. The van der Waals surface area contributed by atoms with Gasteiger partial charge in [0.15, 0.2) is 5.65 Å². The molecule has 220 valence electrons. The summed E-state index contributed by atoms with van der Waals surface area (Å²) in [6, 6.07) is 6.38. The number of hydrogen-bond acceptors (Lipinski definition) is 9. The maximum absolute atomic E-state index is 15.2. The Morgan fingerprint density at radius 1 is 1.16 bits per heavy atom. The van der Waals surface area contributed by atoms with Gasteiger partial charge in [0.2, 0.25) is 5.91 Å². The number of fused-ring (bicyclic) bond motifs is 1. The number of pyridine rings is 1. The van der Waals surface area contributed by atoms with E-state index in [4.69, 9.17) is 4.74 Å². The van der Waals surface area contributed by atoms with E-state index in [1.54, 1.807) is 16.3 Å². The van der Waals surface area contributed by atoms with Crippen molar-refractivity contribution < 1.29 is 27.1 Å². The highest BCUT2D eigenvalue weighted by Crippen LogP contribution is 2.36. The third-order valence-electron chi connectivity index (χ3n) is 6.99. The molecular formula is C28H22F4N8O2S. The first kappa shape index (κ1) is 28.2. The number of likely N-dealkylation sites (tertiary alicyclic amines) is 1. The first-order valence-electron chi connectivity index (χ1n) is 13.0. The number of thiazole rings is 1. The molecule has 2 N–H and O–H groups in total. The zero-order valence-corrected chi connectivity index (χ0v) is 23.0. The van der Waals surface area contributed by atoms with Crippen molar-refractivity contribution in [1.82, 2.24) is 35.0 Å². The monoisotopic (exact) mass is 610 g/mol. The average Bonchev–Trinajstić information content (AvgIpc) is 3.66. The van der Waals surface area contributed by atoms with Crippen molar-refractivity contribution in [3.05, 3.63) is 78.1 Å². The lowest BCUT2D eigenvalue weighted by Crippen LogP contribution is -2.36. The minimum Gasteiger partial charge on any atom is -0.431 e. The molecule has 1 aromatic carbocycles. The summed E-state index contributed by atoms with van der Waals surface area (Å²) in [4.78, 5) is 30.0. The molecular weight excluding hydrogens is 588 g/mol. The summed E-state index contributed by atoms with van der Waals surface area (Å²) in [7, 11) is 0. The van der Waals surface area contributed by atoms with Crippen LogP contribution in [0.15, 0.2) is 60.9 Å². The van der Waals surface area contributed by atoms with Crippen LogP contribution in [0, 0.1) is 5.82 Å². The number of benzene rings is 1. The Hall–Kier alpha value is -4.92. The number of amides is 1. The average molecular weight is 611 g/mol. The van der Waals surface area contributed by atoms with Crippen LogP contribution in [-0.4, -0.2) is 54.0 Å². The smallest absolute Gasteiger partial charge is 0.431 e. The number of carbonyl (C=O) groups excluding carboxylic acids is 1. The quantitative estimate of drug-likeness (QED) is 0.159. The zero-order chi connectivity index (χ0) is 30.1. The number of hydrogen-bond donors (Lipinski definition) is 2. The van der Waals surface area contributed by atoms with Crippen molar-refractivity contribution >= 4 is 39.8 Å². The van der Waals surface area contributed by atoms with Crippen LogP contribution in [-0.2, 0) is 11.0 Å². The first-order valence-corrected chi connectivity index (χ1v) is 13.9. The lowest BCUT2D eigenvalue weighted by Gasteiger charge is -2.30. The Morgan fingerprint density at radius 3 is 2.67 bits per heavy atom. The van der Waals surface area contributed by atoms with Gasteiger partial charge in [0.1, 0.15) is 29.4 Å². The predicted octanol–water partition coefficient (Wildman–Crippen LogP) is 6.46. The molecule has 1 amide bonds. The van der Waals surface area contributed by atoms with E-state index in [-0.39, 0.29) is 28.5 Å². The van der Waals surface area contributed by atoms with Gasteiger partial charge in [-0.1, -0.05) is 17.9 Å². The lowest BCUT2D eigenvalue weighted by atomic mass is 9.92. The Bertz CT molecular complexity index is 1800. The number of anilines is 2. The van der Waals surface area contributed by atoms with E-state index in [9.17, 15) is 18.0 Å². The summed E-state index contributed by atoms with van der Waals surface area (Å²) in [5.41, 5.74) is 1.15. The molecule has 0 bridgehead atoms. The standard InChI is InChI=1S/C28H22F4N8O2S/c1-2-22(41)40-9-7-15(8-10-40)24-23-25(34-14-35-26(23)39-38-24)36-19-5-4-17(11-18(19)29)42-27-37-20(13-43-27)16-3-6-21(33-12-16)28(30,31)32/h2-6,11-15H,1,7-10H2,(H2,34,35,36,38,39). The molecule has 15 heteroatoms. The summed E-state index contributed by atoms with van der Waals surface area (Å²) in [5, 5.41) is 12.8. The largest absolute Gasteiger partial charge is 0.433 e. The van der Waals surface area contributed by atoms with E-state index in [1.165, 1.54) is 30.6 Å². The molecule has 10 nitrogen and oxygen atoms in total. The fourth-order valence-electron chi connectivity index (χ4n) is 4.81. The number of carbonyl (C=O) groups is 1. The number of aromatic nitrogens is 6. The van der Waals surface area contributed by atoms with Crippen molar-refractivity contribution in [2.45, 2.75) is 24.9 Å². The van der Waals surface area contributed by atoms with Crippen LogP contribution in [0.25, 0.3) is 22.3 Å². The molecule has 4 aromatic heterocycles. The molecule has 0 radical (unpaired) electrons. The van der Waals surface area contributed by atoms with E-state index >= 15 is 4.39 Å². The van der Waals surface area contributed by atoms with E-state index in [0.717, 1.165) is 29.3 Å². The second-order valence-electron chi connectivity index (χ2n) is 9.66. The van der Waals surface area contributed by atoms with Crippen LogP contribution in [0.2, 0.25) is 0 Å². The number of H-pyrrole nitrogens is 1. The number of alkyl halides is 3. The number of rotatable bonds is 7. The molecule has 0 spiro atoms.